The number of fused-ring (bicyclic) bond motifs is 2. The van der Waals surface area contributed by atoms with Crippen molar-refractivity contribution in [2.24, 2.45) is 11.3 Å². The Hall–Kier alpha value is -2.94. The molecule has 0 amide bonds. The first-order chi connectivity index (χ1) is 19.0. The van der Waals surface area contributed by atoms with E-state index in [0.29, 0.717) is 19.1 Å². The van der Waals surface area contributed by atoms with E-state index in [1.54, 1.807) is 11.3 Å². The molecule has 0 bridgehead atoms. The van der Waals surface area contributed by atoms with Gasteiger partial charge in [0.05, 0.1) is 17.7 Å². The van der Waals surface area contributed by atoms with Crippen LogP contribution in [-0.2, 0) is 29.1 Å². The van der Waals surface area contributed by atoms with Crippen LogP contribution in [0, 0.1) is 18.3 Å². The highest BCUT2D eigenvalue weighted by molar-refractivity contribution is 7.14. The molecule has 1 saturated carbocycles. The van der Waals surface area contributed by atoms with Crippen molar-refractivity contribution in [3.05, 3.63) is 64.0 Å². The Morgan fingerprint density at radius 3 is 2.97 bits per heavy atom. The number of carboxylic acid groups (broad SMARTS) is 1. The van der Waals surface area contributed by atoms with E-state index < -0.39 is 11.4 Å². The van der Waals surface area contributed by atoms with Gasteiger partial charge in [0.25, 0.3) is 0 Å². The molecule has 0 spiro atoms. The minimum Gasteiger partial charge on any atom is -0.488 e. The van der Waals surface area contributed by atoms with E-state index >= 15 is 0 Å². The molecular formula is C31H35N3O4S. The molecule has 0 radical (unpaired) electrons. The molecule has 8 heteroatoms. The first-order valence-electron chi connectivity index (χ1n) is 14.1. The summed E-state index contributed by atoms with van der Waals surface area (Å²) < 4.78 is 12.0. The molecule has 3 aliphatic heterocycles. The zero-order chi connectivity index (χ0) is 26.6. The number of aromatic nitrogens is 1. The first kappa shape index (κ1) is 25.1. The zero-order valence-electron chi connectivity index (χ0n) is 22.4. The molecule has 4 aliphatic rings. The van der Waals surface area contributed by atoms with E-state index in [9.17, 15) is 9.90 Å². The van der Waals surface area contributed by atoms with Crippen LogP contribution in [0.3, 0.4) is 0 Å². The van der Waals surface area contributed by atoms with E-state index in [2.05, 4.69) is 58.5 Å². The van der Waals surface area contributed by atoms with E-state index in [-0.39, 0.29) is 5.92 Å². The third kappa shape index (κ3) is 4.72. The molecule has 2 aromatic carbocycles. The third-order valence-corrected chi connectivity index (χ3v) is 10.1. The molecule has 1 N–H and O–H groups in total. The highest BCUT2D eigenvalue weighted by Gasteiger charge is 2.62. The molecule has 39 heavy (non-hydrogen) atoms. The van der Waals surface area contributed by atoms with Crippen molar-refractivity contribution < 1.29 is 19.4 Å². The number of carbonyl (C=O) groups is 1. The fraction of sp³-hybridized carbons (Fsp3) is 0.484. The summed E-state index contributed by atoms with van der Waals surface area (Å²) in [7, 11) is 0. The van der Waals surface area contributed by atoms with Gasteiger partial charge in [-0.05, 0) is 67.3 Å². The summed E-state index contributed by atoms with van der Waals surface area (Å²) in [5.74, 6) is 0.451. The van der Waals surface area contributed by atoms with Crippen molar-refractivity contribution in [2.45, 2.75) is 51.8 Å². The molecule has 3 fully saturated rings. The number of aliphatic carboxylic acids is 1. The number of anilines is 1. The highest BCUT2D eigenvalue weighted by Crippen LogP contribution is 2.58. The van der Waals surface area contributed by atoms with Crippen LogP contribution in [0.25, 0.3) is 11.3 Å². The third-order valence-electron chi connectivity index (χ3n) is 9.23. The minimum atomic E-state index is -0.631. The number of piperidine rings is 1. The van der Waals surface area contributed by atoms with Gasteiger partial charge in [-0.2, -0.15) is 0 Å². The van der Waals surface area contributed by atoms with Gasteiger partial charge in [-0.3, -0.25) is 9.69 Å². The summed E-state index contributed by atoms with van der Waals surface area (Å²) >= 11 is 1.63. The maximum atomic E-state index is 11.7. The van der Waals surface area contributed by atoms with Crippen molar-refractivity contribution in [2.75, 3.05) is 37.7 Å². The van der Waals surface area contributed by atoms with Gasteiger partial charge in [-0.25, -0.2) is 4.98 Å². The topological polar surface area (TPSA) is 75.1 Å². The predicted molar refractivity (Wildman–Crippen MR) is 151 cm³/mol. The second kappa shape index (κ2) is 9.91. The Bertz CT molecular complexity index is 1400. The molecule has 7 nitrogen and oxygen atoms in total. The van der Waals surface area contributed by atoms with E-state index in [0.717, 1.165) is 80.8 Å². The number of thiazole rings is 1. The number of rotatable bonds is 7. The lowest BCUT2D eigenvalue weighted by molar-refractivity contribution is -0.144. The zero-order valence-corrected chi connectivity index (χ0v) is 23.2. The molecule has 1 unspecified atom stereocenters. The molecule has 3 atom stereocenters. The van der Waals surface area contributed by atoms with Crippen LogP contribution in [-0.4, -0.2) is 59.8 Å². The lowest BCUT2D eigenvalue weighted by Gasteiger charge is -2.33. The van der Waals surface area contributed by atoms with Gasteiger partial charge in [0, 0.05) is 49.8 Å². The average Bonchev–Trinajstić information content (AvgIpc) is 3.26. The molecule has 7 rings (SSSR count). The van der Waals surface area contributed by atoms with Crippen molar-refractivity contribution in [1.82, 2.24) is 9.88 Å². The summed E-state index contributed by atoms with van der Waals surface area (Å²) in [6, 6.07) is 13.6. The molecular weight excluding hydrogens is 510 g/mol. The number of benzene rings is 2. The smallest absolute Gasteiger partial charge is 0.310 e. The maximum absolute atomic E-state index is 11.7. The normalized spacial score (nSPS) is 26.2. The second-order valence-corrected chi connectivity index (χ2v) is 12.5. The largest absolute Gasteiger partial charge is 0.488 e. The van der Waals surface area contributed by atoms with Crippen LogP contribution in [0.1, 0.15) is 41.5 Å². The van der Waals surface area contributed by atoms with Crippen LogP contribution in [0.4, 0.5) is 5.13 Å². The van der Waals surface area contributed by atoms with Gasteiger partial charge in [-0.15, -0.1) is 11.3 Å². The fourth-order valence-corrected chi connectivity index (χ4v) is 7.53. The highest BCUT2D eigenvalue weighted by atomic mass is 32.1. The number of ether oxygens (including phenoxy) is 2. The lowest BCUT2D eigenvalue weighted by atomic mass is 9.96. The Morgan fingerprint density at radius 2 is 2.15 bits per heavy atom. The summed E-state index contributed by atoms with van der Waals surface area (Å²) in [6.45, 7) is 7.99. The van der Waals surface area contributed by atoms with Crippen molar-refractivity contribution in [1.29, 1.82) is 0 Å². The monoisotopic (exact) mass is 545 g/mol. The van der Waals surface area contributed by atoms with Gasteiger partial charge >= 0.3 is 5.97 Å². The standard InChI is InChI=1S/C31H35N3O4S/c1-20-2-5-28(38-17-21-3-4-23-15-33(9-6-22(23)13-21)25-7-11-37-18-25)26(12-20)27-19-39-30(32-27)34-10-8-31(29(35)36)14-24(31)16-34/h2-5,12-13,19,24-25H,6-11,14-18H2,1H3,(H,35,36)/t24-,25?,31+/m0/s1. The average molecular weight is 546 g/mol. The first-order valence-corrected chi connectivity index (χ1v) is 15.0. The maximum Gasteiger partial charge on any atom is 0.310 e. The van der Waals surface area contributed by atoms with E-state index in [4.69, 9.17) is 14.5 Å². The van der Waals surface area contributed by atoms with Gasteiger partial charge in [0.2, 0.25) is 0 Å². The van der Waals surface area contributed by atoms with Gasteiger partial charge in [0.1, 0.15) is 12.4 Å². The van der Waals surface area contributed by atoms with E-state index in [1.807, 2.05) is 0 Å². The molecule has 2 saturated heterocycles. The van der Waals surface area contributed by atoms with Crippen molar-refractivity contribution >= 4 is 22.4 Å². The number of aryl methyl sites for hydroxylation is 1. The van der Waals surface area contributed by atoms with Gasteiger partial charge in [0.15, 0.2) is 5.13 Å². The number of nitrogens with zero attached hydrogens (tertiary/aromatic N) is 3. The number of hydrogen-bond acceptors (Lipinski definition) is 7. The molecule has 4 heterocycles. The quantitative estimate of drug-likeness (QED) is 0.440. The van der Waals surface area contributed by atoms with Crippen LogP contribution in [0.2, 0.25) is 0 Å². The van der Waals surface area contributed by atoms with Crippen LogP contribution in [0.15, 0.2) is 41.8 Å². The molecule has 1 aliphatic carbocycles. The van der Waals surface area contributed by atoms with Crippen molar-refractivity contribution in [3.8, 4) is 17.0 Å². The molecule has 204 valence electrons. The van der Waals surface area contributed by atoms with Crippen LogP contribution in [0.5, 0.6) is 5.75 Å². The summed E-state index contributed by atoms with van der Waals surface area (Å²) in [6.07, 6.45) is 3.71. The lowest BCUT2D eigenvalue weighted by Crippen LogP contribution is -2.39. The summed E-state index contributed by atoms with van der Waals surface area (Å²) in [5.41, 5.74) is 6.66. The number of carboxylic acids is 1. The van der Waals surface area contributed by atoms with Crippen molar-refractivity contribution in [3.63, 3.8) is 0 Å². The Labute approximate surface area is 233 Å². The number of hydrogen-bond donors (Lipinski definition) is 1. The van der Waals surface area contributed by atoms with Gasteiger partial charge < -0.3 is 19.5 Å². The Balaban J connectivity index is 1.04. The summed E-state index contributed by atoms with van der Waals surface area (Å²) in [5, 5.41) is 12.7. The van der Waals surface area contributed by atoms with Crippen LogP contribution >= 0.6 is 11.3 Å². The fourth-order valence-electron chi connectivity index (χ4n) is 6.66. The van der Waals surface area contributed by atoms with E-state index in [1.165, 1.54) is 22.3 Å². The molecule has 1 aromatic heterocycles. The summed E-state index contributed by atoms with van der Waals surface area (Å²) in [4.78, 5) is 21.5. The van der Waals surface area contributed by atoms with Crippen LogP contribution < -0.4 is 9.64 Å². The second-order valence-electron chi connectivity index (χ2n) is 11.7. The SMILES string of the molecule is Cc1ccc(OCc2ccc3c(c2)CCN(C2CCOC2)C3)c(-c2csc(N3CC[C@@]4(C(=O)O)C[C@H]4C3)n2)c1. The van der Waals surface area contributed by atoms with Gasteiger partial charge in [-0.1, -0.05) is 29.8 Å². The Morgan fingerprint density at radius 1 is 1.23 bits per heavy atom. The minimum absolute atomic E-state index is 0.241. The Kier molecular flexibility index (Phi) is 6.37. The molecule has 3 aromatic rings. The predicted octanol–water partition coefficient (Wildman–Crippen LogP) is 5.15.